The molecule has 0 bridgehead atoms. The molecule has 1 aromatic carbocycles. The van der Waals surface area contributed by atoms with Gasteiger partial charge in [0.15, 0.2) is 0 Å². The van der Waals surface area contributed by atoms with Gasteiger partial charge in [-0.05, 0) is 63.0 Å². The van der Waals surface area contributed by atoms with E-state index in [2.05, 4.69) is 22.5 Å². The van der Waals surface area contributed by atoms with Crippen LogP contribution in [0.5, 0.6) is 0 Å². The second kappa shape index (κ2) is 6.16. The molecule has 4 nitrogen and oxygen atoms in total. The summed E-state index contributed by atoms with van der Waals surface area (Å²) in [6, 6.07) is 7.44. The van der Waals surface area contributed by atoms with Gasteiger partial charge in [-0.15, -0.1) is 0 Å². The molecule has 1 saturated carbocycles. The smallest absolute Gasteiger partial charge is 0.271 e. The third-order valence-electron chi connectivity index (χ3n) is 4.63. The first-order chi connectivity index (χ1) is 10.1. The third kappa shape index (κ3) is 3.27. The Morgan fingerprint density at radius 1 is 1.33 bits per heavy atom. The molecule has 5 heteroatoms. The van der Waals surface area contributed by atoms with E-state index in [0.29, 0.717) is 16.6 Å². The first-order valence-electron chi connectivity index (χ1n) is 7.45. The van der Waals surface area contributed by atoms with Gasteiger partial charge in [0.05, 0.1) is 0 Å². The van der Waals surface area contributed by atoms with Crippen LogP contribution in [0.15, 0.2) is 29.4 Å². The van der Waals surface area contributed by atoms with Crippen LogP contribution in [0, 0.1) is 5.92 Å². The number of benzene rings is 1. The zero-order valence-electron chi connectivity index (χ0n) is 12.2. The van der Waals surface area contributed by atoms with Crippen LogP contribution >= 0.6 is 11.6 Å². The van der Waals surface area contributed by atoms with Crippen LogP contribution in [-0.4, -0.2) is 36.2 Å². The second-order valence-corrected chi connectivity index (χ2v) is 6.40. The Morgan fingerprint density at radius 2 is 2.10 bits per heavy atom. The van der Waals surface area contributed by atoms with E-state index in [1.807, 2.05) is 0 Å². The number of rotatable bonds is 2. The van der Waals surface area contributed by atoms with Crippen molar-refractivity contribution in [3.63, 3.8) is 0 Å². The zero-order chi connectivity index (χ0) is 14.8. The van der Waals surface area contributed by atoms with E-state index < -0.39 is 0 Å². The fourth-order valence-corrected chi connectivity index (χ4v) is 3.47. The van der Waals surface area contributed by atoms with Gasteiger partial charge in [0.1, 0.15) is 0 Å². The maximum Gasteiger partial charge on any atom is 0.271 e. The van der Waals surface area contributed by atoms with Crippen molar-refractivity contribution < 1.29 is 4.79 Å². The molecule has 3 rings (SSSR count). The summed E-state index contributed by atoms with van der Waals surface area (Å²) in [5, 5.41) is 4.96. The number of likely N-dealkylation sites (tertiary alicyclic amines) is 1. The van der Waals surface area contributed by atoms with Crippen LogP contribution in [0.1, 0.15) is 36.0 Å². The van der Waals surface area contributed by atoms with Crippen LogP contribution in [0.3, 0.4) is 0 Å². The van der Waals surface area contributed by atoms with Crippen LogP contribution in [0.2, 0.25) is 5.02 Å². The van der Waals surface area contributed by atoms with Crippen molar-refractivity contribution in [2.24, 2.45) is 11.0 Å². The number of fused-ring (bicyclic) bond motifs is 1. The third-order valence-corrected chi connectivity index (χ3v) is 4.89. The fourth-order valence-electron chi connectivity index (χ4n) is 3.34. The average molecular weight is 306 g/mol. The first-order valence-corrected chi connectivity index (χ1v) is 7.83. The molecule has 1 N–H and O–H groups in total. The number of halogens is 1. The van der Waals surface area contributed by atoms with E-state index in [0.717, 1.165) is 24.5 Å². The molecule has 2 aliphatic rings. The lowest BCUT2D eigenvalue weighted by Gasteiger charge is -2.30. The number of nitrogens with one attached hydrogen (secondary N) is 1. The second-order valence-electron chi connectivity index (χ2n) is 5.97. The van der Waals surface area contributed by atoms with E-state index in [1.165, 1.54) is 19.4 Å². The van der Waals surface area contributed by atoms with E-state index in [1.54, 1.807) is 24.3 Å². The number of carbonyl (C=O) groups is 1. The summed E-state index contributed by atoms with van der Waals surface area (Å²) in [6.07, 6.45) is 4.45. The minimum absolute atomic E-state index is 0.180. The van der Waals surface area contributed by atoms with Crippen molar-refractivity contribution in [3.05, 3.63) is 34.9 Å². The molecule has 21 heavy (non-hydrogen) atoms. The molecule has 1 amide bonds. The summed E-state index contributed by atoms with van der Waals surface area (Å²) in [5.41, 5.74) is 4.35. The molecule has 1 saturated heterocycles. The number of hydrazone groups is 1. The molecule has 0 spiro atoms. The molecule has 1 aromatic rings. The minimum atomic E-state index is -0.180. The molecule has 2 atom stereocenters. The highest BCUT2D eigenvalue weighted by Crippen LogP contribution is 2.34. The maximum atomic E-state index is 12.0. The van der Waals surface area contributed by atoms with Gasteiger partial charge in [-0.1, -0.05) is 11.6 Å². The van der Waals surface area contributed by atoms with Crippen molar-refractivity contribution in [2.45, 2.75) is 31.7 Å². The van der Waals surface area contributed by atoms with Gasteiger partial charge in [0.25, 0.3) is 5.91 Å². The highest BCUT2D eigenvalue weighted by molar-refractivity contribution is 6.30. The highest BCUT2D eigenvalue weighted by Gasteiger charge is 2.35. The zero-order valence-corrected chi connectivity index (χ0v) is 12.9. The molecule has 112 valence electrons. The van der Waals surface area contributed by atoms with E-state index >= 15 is 0 Å². The van der Waals surface area contributed by atoms with Crippen molar-refractivity contribution >= 4 is 23.2 Å². The van der Waals surface area contributed by atoms with Crippen molar-refractivity contribution in [2.75, 3.05) is 13.6 Å². The number of nitrogens with zero attached hydrogens (tertiary/aromatic N) is 2. The SMILES string of the molecule is CN1CCC2CC/C(=N\NC(=O)c3ccc(Cl)cc3)CC21. The molecule has 0 aromatic heterocycles. The van der Waals surface area contributed by atoms with E-state index in [9.17, 15) is 4.79 Å². The maximum absolute atomic E-state index is 12.0. The number of carbonyl (C=O) groups excluding carboxylic acids is 1. The minimum Gasteiger partial charge on any atom is -0.303 e. The molecule has 2 unspecified atom stereocenters. The molecule has 1 aliphatic heterocycles. The van der Waals surface area contributed by atoms with Gasteiger partial charge < -0.3 is 4.90 Å². The Hall–Kier alpha value is -1.39. The molecule has 2 fully saturated rings. The number of hydrogen-bond acceptors (Lipinski definition) is 3. The van der Waals surface area contributed by atoms with Crippen molar-refractivity contribution in [3.8, 4) is 0 Å². The van der Waals surface area contributed by atoms with Gasteiger partial charge in [-0.25, -0.2) is 5.43 Å². The lowest BCUT2D eigenvalue weighted by Crippen LogP contribution is -2.36. The van der Waals surface area contributed by atoms with Crippen LogP contribution < -0.4 is 5.43 Å². The van der Waals surface area contributed by atoms with Crippen molar-refractivity contribution in [1.29, 1.82) is 0 Å². The Morgan fingerprint density at radius 3 is 2.86 bits per heavy atom. The van der Waals surface area contributed by atoms with Gasteiger partial charge >= 0.3 is 0 Å². The summed E-state index contributed by atoms with van der Waals surface area (Å²) in [7, 11) is 2.18. The van der Waals surface area contributed by atoms with E-state index in [4.69, 9.17) is 11.6 Å². The van der Waals surface area contributed by atoms with Crippen molar-refractivity contribution in [1.82, 2.24) is 10.3 Å². The summed E-state index contributed by atoms with van der Waals surface area (Å²) in [5.74, 6) is 0.627. The Labute approximate surface area is 130 Å². The first kappa shape index (κ1) is 14.5. The quantitative estimate of drug-likeness (QED) is 0.854. The Kier molecular flexibility index (Phi) is 4.27. The summed E-state index contributed by atoms with van der Waals surface area (Å²) in [6.45, 7) is 1.18. The predicted octanol–water partition coefficient (Wildman–Crippen LogP) is 2.93. The molecule has 1 heterocycles. The van der Waals surface area contributed by atoms with Gasteiger partial charge in [0.2, 0.25) is 0 Å². The molecule has 0 radical (unpaired) electrons. The highest BCUT2D eigenvalue weighted by atomic mass is 35.5. The Bertz CT molecular complexity index is 555. The monoisotopic (exact) mass is 305 g/mol. The van der Waals surface area contributed by atoms with Gasteiger partial charge in [-0.3, -0.25) is 4.79 Å². The topological polar surface area (TPSA) is 44.7 Å². The van der Waals surface area contributed by atoms with Crippen LogP contribution in [0.4, 0.5) is 0 Å². The van der Waals surface area contributed by atoms with Gasteiger partial charge in [0, 0.05) is 28.8 Å². The normalized spacial score (nSPS) is 27.6. The number of hydrogen-bond donors (Lipinski definition) is 1. The lowest BCUT2D eigenvalue weighted by molar-refractivity contribution is 0.0954. The Balaban J connectivity index is 1.61. The fraction of sp³-hybridized carbons (Fsp3) is 0.500. The van der Waals surface area contributed by atoms with Gasteiger partial charge in [-0.2, -0.15) is 5.10 Å². The number of amides is 1. The average Bonchev–Trinajstić information content (AvgIpc) is 2.87. The predicted molar refractivity (Wildman–Crippen MR) is 84.7 cm³/mol. The largest absolute Gasteiger partial charge is 0.303 e. The summed E-state index contributed by atoms with van der Waals surface area (Å²) >= 11 is 5.82. The standard InChI is InChI=1S/C16H20ClN3O/c1-20-9-8-11-4-7-14(10-15(11)20)18-19-16(21)12-2-5-13(17)6-3-12/h2-3,5-6,11,15H,4,7-10H2,1H3,(H,19,21)/b18-14+. The van der Waals surface area contributed by atoms with Crippen LogP contribution in [-0.2, 0) is 0 Å². The molecular formula is C16H20ClN3O. The summed E-state index contributed by atoms with van der Waals surface area (Å²) < 4.78 is 0. The van der Waals surface area contributed by atoms with Crippen LogP contribution in [0.25, 0.3) is 0 Å². The van der Waals surface area contributed by atoms with E-state index in [-0.39, 0.29) is 5.91 Å². The molecule has 1 aliphatic carbocycles. The lowest BCUT2D eigenvalue weighted by atomic mass is 9.84. The molecular weight excluding hydrogens is 286 g/mol. The summed E-state index contributed by atoms with van der Waals surface area (Å²) in [4.78, 5) is 14.4.